The van der Waals surface area contributed by atoms with Crippen molar-refractivity contribution in [3.8, 4) is 0 Å². The largest absolute Gasteiger partial charge is 0.389 e. The first-order chi connectivity index (χ1) is 10.0. The van der Waals surface area contributed by atoms with Crippen LogP contribution in [0.15, 0.2) is 24.3 Å². The van der Waals surface area contributed by atoms with E-state index in [-0.39, 0.29) is 5.91 Å². The number of rotatable bonds is 5. The quantitative estimate of drug-likeness (QED) is 0.778. The van der Waals surface area contributed by atoms with Crippen molar-refractivity contribution in [1.82, 2.24) is 10.6 Å². The summed E-state index contributed by atoms with van der Waals surface area (Å²) in [5, 5.41) is 16.5. The monoisotopic (exact) mass is 290 g/mol. The minimum Gasteiger partial charge on any atom is -0.389 e. The molecule has 1 saturated carbocycles. The lowest BCUT2D eigenvalue weighted by Crippen LogP contribution is -2.43. The van der Waals surface area contributed by atoms with E-state index < -0.39 is 5.60 Å². The molecule has 0 heterocycles. The fourth-order valence-corrected chi connectivity index (χ4v) is 3.15. The predicted molar refractivity (Wildman–Crippen MR) is 84.1 cm³/mol. The van der Waals surface area contributed by atoms with Crippen molar-refractivity contribution in [2.24, 2.45) is 5.92 Å². The van der Waals surface area contributed by atoms with Gasteiger partial charge in [-0.1, -0.05) is 31.9 Å². The van der Waals surface area contributed by atoms with Crippen LogP contribution in [0.5, 0.6) is 0 Å². The molecule has 2 rings (SSSR count). The first kappa shape index (κ1) is 16.0. The van der Waals surface area contributed by atoms with Gasteiger partial charge < -0.3 is 15.7 Å². The molecule has 1 aliphatic carbocycles. The van der Waals surface area contributed by atoms with Crippen molar-refractivity contribution in [2.45, 2.75) is 44.8 Å². The Hall–Kier alpha value is -1.39. The fraction of sp³-hybridized carbons (Fsp3) is 0.588. The van der Waals surface area contributed by atoms with Gasteiger partial charge >= 0.3 is 0 Å². The van der Waals surface area contributed by atoms with Crippen molar-refractivity contribution in [2.75, 3.05) is 13.6 Å². The maximum Gasteiger partial charge on any atom is 0.251 e. The van der Waals surface area contributed by atoms with Crippen molar-refractivity contribution in [3.63, 3.8) is 0 Å². The summed E-state index contributed by atoms with van der Waals surface area (Å²) in [5.41, 5.74) is 1.23. The van der Waals surface area contributed by atoms with Crippen LogP contribution in [0.4, 0.5) is 0 Å². The Kier molecular flexibility index (Phi) is 5.37. The summed E-state index contributed by atoms with van der Waals surface area (Å²) in [5.74, 6) is 0.539. The van der Waals surface area contributed by atoms with E-state index in [0.717, 1.165) is 24.8 Å². The molecule has 1 aromatic carbocycles. The van der Waals surface area contributed by atoms with E-state index in [2.05, 4.69) is 17.6 Å². The number of hydrogen-bond acceptors (Lipinski definition) is 3. The molecule has 1 aromatic rings. The van der Waals surface area contributed by atoms with Gasteiger partial charge in [-0.3, -0.25) is 4.79 Å². The summed E-state index contributed by atoms with van der Waals surface area (Å²) in [4.78, 5) is 11.5. The maximum atomic E-state index is 11.5. The molecular weight excluding hydrogens is 264 g/mol. The maximum absolute atomic E-state index is 11.5. The molecule has 0 aromatic heterocycles. The van der Waals surface area contributed by atoms with E-state index in [1.165, 1.54) is 6.42 Å². The number of nitrogens with one attached hydrogen (secondary N) is 2. The SMILES string of the molecule is CNC(=O)c1ccc(CNCC2(O)CCCC(C)C2)cc1. The predicted octanol–water partition coefficient (Wildman–Crippen LogP) is 2.08. The third-order valence-corrected chi connectivity index (χ3v) is 4.29. The van der Waals surface area contributed by atoms with Crippen LogP contribution >= 0.6 is 0 Å². The van der Waals surface area contributed by atoms with Crippen LogP contribution in [0.3, 0.4) is 0 Å². The Balaban J connectivity index is 1.82. The lowest BCUT2D eigenvalue weighted by atomic mass is 9.79. The Morgan fingerprint density at radius 1 is 1.38 bits per heavy atom. The molecular formula is C17H26N2O2. The smallest absolute Gasteiger partial charge is 0.251 e. The Bertz CT molecular complexity index is 472. The van der Waals surface area contributed by atoms with E-state index in [4.69, 9.17) is 0 Å². The first-order valence-corrected chi connectivity index (χ1v) is 7.76. The summed E-state index contributed by atoms with van der Waals surface area (Å²) >= 11 is 0. The van der Waals surface area contributed by atoms with Crippen LogP contribution in [0.2, 0.25) is 0 Å². The fourth-order valence-electron chi connectivity index (χ4n) is 3.15. The second-order valence-corrected chi connectivity index (χ2v) is 6.31. The standard InChI is InChI=1S/C17H26N2O2/c1-13-4-3-9-17(21,10-13)12-19-11-14-5-7-15(8-6-14)16(20)18-2/h5-8,13,19,21H,3-4,9-12H2,1-2H3,(H,18,20). The zero-order valence-corrected chi connectivity index (χ0v) is 13.0. The van der Waals surface area contributed by atoms with E-state index in [0.29, 0.717) is 24.6 Å². The average molecular weight is 290 g/mol. The molecule has 0 spiro atoms. The van der Waals surface area contributed by atoms with Gasteiger partial charge in [-0.15, -0.1) is 0 Å². The highest BCUT2D eigenvalue weighted by Gasteiger charge is 2.31. The van der Waals surface area contributed by atoms with Gasteiger partial charge in [0.05, 0.1) is 5.60 Å². The third kappa shape index (κ3) is 4.55. The van der Waals surface area contributed by atoms with Crippen molar-refractivity contribution < 1.29 is 9.90 Å². The highest BCUT2D eigenvalue weighted by molar-refractivity contribution is 5.93. The first-order valence-electron chi connectivity index (χ1n) is 7.76. The van der Waals surface area contributed by atoms with E-state index in [1.54, 1.807) is 7.05 Å². The molecule has 0 radical (unpaired) electrons. The zero-order valence-electron chi connectivity index (χ0n) is 13.0. The number of carbonyl (C=O) groups excluding carboxylic acids is 1. The van der Waals surface area contributed by atoms with Gasteiger partial charge in [0, 0.05) is 25.7 Å². The molecule has 3 N–H and O–H groups in total. The van der Waals surface area contributed by atoms with Gasteiger partial charge in [-0.25, -0.2) is 0 Å². The molecule has 4 heteroatoms. The summed E-state index contributed by atoms with van der Waals surface area (Å²) in [7, 11) is 1.63. The molecule has 2 atom stereocenters. The van der Waals surface area contributed by atoms with Gasteiger partial charge in [-0.2, -0.15) is 0 Å². The van der Waals surface area contributed by atoms with E-state index in [9.17, 15) is 9.90 Å². The molecule has 1 fully saturated rings. The minimum atomic E-state index is -0.556. The molecule has 0 bridgehead atoms. The number of carbonyl (C=O) groups is 1. The third-order valence-electron chi connectivity index (χ3n) is 4.29. The summed E-state index contributed by atoms with van der Waals surface area (Å²) in [6, 6.07) is 7.55. The van der Waals surface area contributed by atoms with Crippen molar-refractivity contribution in [3.05, 3.63) is 35.4 Å². The molecule has 2 unspecified atom stereocenters. The topological polar surface area (TPSA) is 61.4 Å². The molecule has 21 heavy (non-hydrogen) atoms. The summed E-state index contributed by atoms with van der Waals surface area (Å²) in [6.45, 7) is 3.56. The Morgan fingerprint density at radius 2 is 2.10 bits per heavy atom. The van der Waals surface area contributed by atoms with Crippen molar-refractivity contribution >= 4 is 5.91 Å². The van der Waals surface area contributed by atoms with Gasteiger partial charge in [0.25, 0.3) is 5.91 Å². The summed E-state index contributed by atoms with van der Waals surface area (Å²) in [6.07, 6.45) is 4.11. The van der Waals surface area contributed by atoms with Crippen LogP contribution in [-0.2, 0) is 6.54 Å². The normalized spacial score (nSPS) is 25.6. The highest BCUT2D eigenvalue weighted by atomic mass is 16.3. The molecule has 0 saturated heterocycles. The number of hydrogen-bond donors (Lipinski definition) is 3. The Morgan fingerprint density at radius 3 is 2.71 bits per heavy atom. The molecule has 4 nitrogen and oxygen atoms in total. The lowest BCUT2D eigenvalue weighted by molar-refractivity contribution is -0.0119. The zero-order chi connectivity index (χ0) is 15.3. The van der Waals surface area contributed by atoms with Gasteiger partial charge in [0.2, 0.25) is 0 Å². The Labute approximate surface area is 126 Å². The highest BCUT2D eigenvalue weighted by Crippen LogP contribution is 2.31. The number of aliphatic hydroxyl groups is 1. The molecule has 1 aliphatic rings. The molecule has 116 valence electrons. The van der Waals surface area contributed by atoms with Gasteiger partial charge in [0.1, 0.15) is 0 Å². The average Bonchev–Trinajstić information content (AvgIpc) is 2.47. The van der Waals surface area contributed by atoms with Crippen LogP contribution in [0.1, 0.15) is 48.5 Å². The van der Waals surface area contributed by atoms with Gasteiger partial charge in [-0.05, 0) is 36.5 Å². The van der Waals surface area contributed by atoms with Crippen LogP contribution < -0.4 is 10.6 Å². The number of amides is 1. The van der Waals surface area contributed by atoms with Crippen LogP contribution in [0.25, 0.3) is 0 Å². The second kappa shape index (κ2) is 7.05. The number of benzene rings is 1. The van der Waals surface area contributed by atoms with Crippen molar-refractivity contribution in [1.29, 1.82) is 0 Å². The molecule has 0 aliphatic heterocycles. The minimum absolute atomic E-state index is 0.0694. The van der Waals surface area contributed by atoms with Gasteiger partial charge in [0.15, 0.2) is 0 Å². The lowest BCUT2D eigenvalue weighted by Gasteiger charge is -2.35. The molecule has 1 amide bonds. The second-order valence-electron chi connectivity index (χ2n) is 6.31. The summed E-state index contributed by atoms with van der Waals surface area (Å²) < 4.78 is 0. The van der Waals surface area contributed by atoms with E-state index >= 15 is 0 Å². The van der Waals surface area contributed by atoms with E-state index in [1.807, 2.05) is 24.3 Å². The van der Waals surface area contributed by atoms with Crippen LogP contribution in [0, 0.1) is 5.92 Å². The van der Waals surface area contributed by atoms with Crippen LogP contribution in [-0.4, -0.2) is 30.2 Å².